The topological polar surface area (TPSA) is 61.7 Å². The molecule has 0 atom stereocenters. The SMILES string of the molecule is COc1ccc2nc(Sc3cc(Cl)ccc3C#N)[nH]c2c1. The smallest absolute Gasteiger partial charge is 0.171 e. The average Bonchev–Trinajstić information content (AvgIpc) is 2.88. The fourth-order valence-electron chi connectivity index (χ4n) is 1.92. The van der Waals surface area contributed by atoms with Crippen molar-refractivity contribution in [2.75, 3.05) is 7.11 Å². The molecule has 3 rings (SSSR count). The first-order chi connectivity index (χ1) is 10.2. The number of aromatic amines is 1. The third-order valence-electron chi connectivity index (χ3n) is 2.94. The van der Waals surface area contributed by atoms with E-state index in [9.17, 15) is 0 Å². The number of hydrogen-bond donors (Lipinski definition) is 1. The Balaban J connectivity index is 1.98. The number of hydrogen-bond acceptors (Lipinski definition) is 4. The maximum absolute atomic E-state index is 9.14. The summed E-state index contributed by atoms with van der Waals surface area (Å²) in [7, 11) is 1.62. The van der Waals surface area contributed by atoms with Gasteiger partial charge in [-0.3, -0.25) is 0 Å². The van der Waals surface area contributed by atoms with E-state index in [4.69, 9.17) is 21.6 Å². The molecule has 0 aliphatic rings. The monoisotopic (exact) mass is 315 g/mol. The molecule has 0 bridgehead atoms. The first kappa shape index (κ1) is 13.8. The number of ether oxygens (including phenoxy) is 1. The maximum atomic E-state index is 9.14. The third-order valence-corrected chi connectivity index (χ3v) is 4.12. The molecule has 3 aromatic rings. The molecule has 6 heteroatoms. The number of nitriles is 1. The molecule has 0 saturated carbocycles. The number of benzene rings is 2. The molecule has 2 aromatic carbocycles. The second-order valence-corrected chi connectivity index (χ2v) is 5.75. The van der Waals surface area contributed by atoms with Crippen LogP contribution < -0.4 is 4.74 Å². The van der Waals surface area contributed by atoms with Gasteiger partial charge in [-0.1, -0.05) is 23.4 Å². The molecule has 0 amide bonds. The Labute approximate surface area is 130 Å². The Kier molecular flexibility index (Phi) is 3.74. The molecule has 4 nitrogen and oxygen atoms in total. The van der Waals surface area contributed by atoms with E-state index in [1.54, 1.807) is 25.3 Å². The minimum absolute atomic E-state index is 0.572. The number of rotatable bonds is 3. The summed E-state index contributed by atoms with van der Waals surface area (Å²) in [5.41, 5.74) is 2.30. The van der Waals surface area contributed by atoms with E-state index < -0.39 is 0 Å². The van der Waals surface area contributed by atoms with Crippen molar-refractivity contribution in [1.82, 2.24) is 9.97 Å². The van der Waals surface area contributed by atoms with Crippen LogP contribution in [-0.2, 0) is 0 Å². The summed E-state index contributed by atoms with van der Waals surface area (Å²) in [5.74, 6) is 0.767. The predicted molar refractivity (Wildman–Crippen MR) is 82.9 cm³/mol. The van der Waals surface area contributed by atoms with Gasteiger partial charge in [0.05, 0.1) is 23.7 Å². The molecule has 0 unspecified atom stereocenters. The van der Waals surface area contributed by atoms with Crippen molar-refractivity contribution in [3.8, 4) is 11.8 Å². The third kappa shape index (κ3) is 2.82. The van der Waals surface area contributed by atoms with Gasteiger partial charge in [-0.25, -0.2) is 4.98 Å². The molecule has 1 aromatic heterocycles. The predicted octanol–water partition coefficient (Wildman–Crippen LogP) is 4.25. The van der Waals surface area contributed by atoms with Crippen molar-refractivity contribution < 1.29 is 4.74 Å². The Morgan fingerprint density at radius 1 is 1.29 bits per heavy atom. The van der Waals surface area contributed by atoms with E-state index in [1.807, 2.05) is 18.2 Å². The fraction of sp³-hybridized carbons (Fsp3) is 0.0667. The molecular weight excluding hydrogens is 306 g/mol. The lowest BCUT2D eigenvalue weighted by Crippen LogP contribution is -1.82. The van der Waals surface area contributed by atoms with Gasteiger partial charge >= 0.3 is 0 Å². The summed E-state index contributed by atoms with van der Waals surface area (Å²) in [6, 6.07) is 13.0. The molecule has 0 aliphatic carbocycles. The van der Waals surface area contributed by atoms with Crippen LogP contribution in [0.15, 0.2) is 46.5 Å². The number of nitrogens with one attached hydrogen (secondary N) is 1. The van der Waals surface area contributed by atoms with E-state index >= 15 is 0 Å². The highest BCUT2D eigenvalue weighted by molar-refractivity contribution is 7.99. The van der Waals surface area contributed by atoms with Crippen LogP contribution in [0.4, 0.5) is 0 Å². The van der Waals surface area contributed by atoms with Gasteiger partial charge in [0.2, 0.25) is 0 Å². The highest BCUT2D eigenvalue weighted by Crippen LogP contribution is 2.32. The summed E-state index contributed by atoms with van der Waals surface area (Å²) in [4.78, 5) is 8.47. The van der Waals surface area contributed by atoms with E-state index in [0.29, 0.717) is 15.7 Å². The quantitative estimate of drug-likeness (QED) is 0.785. The normalized spacial score (nSPS) is 10.5. The number of halogens is 1. The highest BCUT2D eigenvalue weighted by atomic mass is 35.5. The van der Waals surface area contributed by atoms with Gasteiger partial charge in [0.25, 0.3) is 0 Å². The molecule has 104 valence electrons. The van der Waals surface area contributed by atoms with Crippen LogP contribution in [0.2, 0.25) is 5.02 Å². The molecule has 0 spiro atoms. The van der Waals surface area contributed by atoms with E-state index in [-0.39, 0.29) is 0 Å². The van der Waals surface area contributed by atoms with E-state index in [0.717, 1.165) is 21.7 Å². The summed E-state index contributed by atoms with van der Waals surface area (Å²) in [5, 5.41) is 10.4. The molecule has 21 heavy (non-hydrogen) atoms. The molecule has 0 aliphatic heterocycles. The van der Waals surface area contributed by atoms with Crippen LogP contribution in [0.5, 0.6) is 5.75 Å². The first-order valence-electron chi connectivity index (χ1n) is 6.11. The van der Waals surface area contributed by atoms with Crippen LogP contribution >= 0.6 is 23.4 Å². The summed E-state index contributed by atoms with van der Waals surface area (Å²) >= 11 is 7.37. The van der Waals surface area contributed by atoms with Crippen molar-refractivity contribution >= 4 is 34.4 Å². The Morgan fingerprint density at radius 3 is 2.90 bits per heavy atom. The standard InChI is InChI=1S/C15H10ClN3OS/c1-20-11-4-5-12-13(7-11)19-15(18-12)21-14-6-10(16)3-2-9(14)8-17/h2-7H,1H3,(H,18,19). The molecule has 0 fully saturated rings. The lowest BCUT2D eigenvalue weighted by atomic mass is 10.2. The van der Waals surface area contributed by atoms with Gasteiger partial charge in [-0.05, 0) is 30.3 Å². The van der Waals surface area contributed by atoms with Crippen LogP contribution in [-0.4, -0.2) is 17.1 Å². The summed E-state index contributed by atoms with van der Waals surface area (Å²) in [6.07, 6.45) is 0. The molecule has 1 heterocycles. The van der Waals surface area contributed by atoms with Crippen molar-refractivity contribution in [1.29, 1.82) is 5.26 Å². The number of nitrogens with zero attached hydrogens (tertiary/aromatic N) is 2. The molecular formula is C15H10ClN3OS. The maximum Gasteiger partial charge on any atom is 0.171 e. The van der Waals surface area contributed by atoms with Crippen LogP contribution in [0.1, 0.15) is 5.56 Å². The molecule has 0 radical (unpaired) electrons. The fourth-order valence-corrected chi connectivity index (χ4v) is 3.08. The Bertz CT molecular complexity index is 854. The van der Waals surface area contributed by atoms with Gasteiger partial charge in [0.1, 0.15) is 11.8 Å². The highest BCUT2D eigenvalue weighted by Gasteiger charge is 2.09. The Hall–Kier alpha value is -2.16. The zero-order chi connectivity index (χ0) is 14.8. The zero-order valence-corrected chi connectivity index (χ0v) is 12.6. The number of imidazole rings is 1. The average molecular weight is 316 g/mol. The van der Waals surface area contributed by atoms with Crippen LogP contribution in [0.25, 0.3) is 11.0 Å². The van der Waals surface area contributed by atoms with Crippen molar-refractivity contribution in [2.24, 2.45) is 0 Å². The first-order valence-corrected chi connectivity index (χ1v) is 7.30. The largest absolute Gasteiger partial charge is 0.497 e. The number of H-pyrrole nitrogens is 1. The van der Waals surface area contributed by atoms with Crippen LogP contribution in [0.3, 0.4) is 0 Å². The second kappa shape index (κ2) is 5.68. The number of fused-ring (bicyclic) bond motifs is 1. The van der Waals surface area contributed by atoms with Gasteiger partial charge in [-0.2, -0.15) is 5.26 Å². The van der Waals surface area contributed by atoms with Crippen molar-refractivity contribution in [2.45, 2.75) is 10.1 Å². The number of aromatic nitrogens is 2. The van der Waals surface area contributed by atoms with E-state index in [2.05, 4.69) is 16.0 Å². The second-order valence-electron chi connectivity index (χ2n) is 4.28. The van der Waals surface area contributed by atoms with Crippen LogP contribution in [0, 0.1) is 11.3 Å². The van der Waals surface area contributed by atoms with Gasteiger partial charge in [0.15, 0.2) is 5.16 Å². The van der Waals surface area contributed by atoms with Gasteiger partial charge in [0, 0.05) is 16.0 Å². The minimum Gasteiger partial charge on any atom is -0.497 e. The van der Waals surface area contributed by atoms with Crippen molar-refractivity contribution in [3.63, 3.8) is 0 Å². The zero-order valence-electron chi connectivity index (χ0n) is 11.1. The summed E-state index contributed by atoms with van der Waals surface area (Å²) in [6.45, 7) is 0. The van der Waals surface area contributed by atoms with Crippen molar-refractivity contribution in [3.05, 3.63) is 47.0 Å². The minimum atomic E-state index is 0.572. The molecule has 0 saturated heterocycles. The molecule has 1 N–H and O–H groups in total. The lowest BCUT2D eigenvalue weighted by molar-refractivity contribution is 0.415. The van der Waals surface area contributed by atoms with E-state index in [1.165, 1.54) is 11.8 Å². The lowest BCUT2D eigenvalue weighted by Gasteiger charge is -2.01. The van der Waals surface area contributed by atoms with Gasteiger partial charge < -0.3 is 9.72 Å². The summed E-state index contributed by atoms with van der Waals surface area (Å²) < 4.78 is 5.19. The Morgan fingerprint density at radius 2 is 2.14 bits per heavy atom. The number of methoxy groups -OCH3 is 1. The van der Waals surface area contributed by atoms with Gasteiger partial charge in [-0.15, -0.1) is 0 Å².